The number of rotatable bonds is 4. The van der Waals surface area contributed by atoms with E-state index in [2.05, 4.69) is 10.9 Å². The van der Waals surface area contributed by atoms with Gasteiger partial charge in [0.05, 0.1) is 12.2 Å². The van der Waals surface area contributed by atoms with Gasteiger partial charge < -0.3 is 4.74 Å². The van der Waals surface area contributed by atoms with Crippen LogP contribution >= 0.6 is 11.6 Å². The zero-order chi connectivity index (χ0) is 16.8. The molecule has 0 saturated heterocycles. The molecule has 7 heteroatoms. The third-order valence-corrected chi connectivity index (χ3v) is 3.13. The van der Waals surface area contributed by atoms with Crippen LogP contribution in [-0.2, 0) is 0 Å². The second-order valence-corrected chi connectivity index (χ2v) is 4.93. The molecule has 0 unspecified atom stereocenters. The Morgan fingerprint density at radius 3 is 2.39 bits per heavy atom. The minimum atomic E-state index is -0.802. The van der Waals surface area contributed by atoms with Crippen LogP contribution in [0, 0.1) is 5.82 Å². The average molecular weight is 337 g/mol. The summed E-state index contributed by atoms with van der Waals surface area (Å²) >= 11 is 5.71. The van der Waals surface area contributed by atoms with Gasteiger partial charge in [0.15, 0.2) is 0 Å². The third-order valence-electron chi connectivity index (χ3n) is 2.89. The maximum Gasteiger partial charge on any atom is 0.272 e. The second-order valence-electron chi connectivity index (χ2n) is 4.49. The molecular formula is C16H14ClFN2O3. The highest BCUT2D eigenvalue weighted by atomic mass is 35.5. The van der Waals surface area contributed by atoms with Crippen LogP contribution in [0.3, 0.4) is 0 Å². The van der Waals surface area contributed by atoms with Crippen molar-refractivity contribution >= 4 is 23.4 Å². The van der Waals surface area contributed by atoms with Gasteiger partial charge in [-0.25, -0.2) is 4.39 Å². The van der Waals surface area contributed by atoms with E-state index < -0.39 is 17.6 Å². The van der Waals surface area contributed by atoms with Gasteiger partial charge in [0.25, 0.3) is 11.8 Å². The molecule has 0 bridgehead atoms. The van der Waals surface area contributed by atoms with Gasteiger partial charge in [-0.1, -0.05) is 11.6 Å². The van der Waals surface area contributed by atoms with Crippen molar-refractivity contribution < 1.29 is 18.7 Å². The highest BCUT2D eigenvalue weighted by Gasteiger charge is 2.13. The van der Waals surface area contributed by atoms with E-state index in [0.29, 0.717) is 17.9 Å². The molecule has 0 heterocycles. The van der Waals surface area contributed by atoms with Crippen molar-refractivity contribution in [3.8, 4) is 5.75 Å². The van der Waals surface area contributed by atoms with E-state index in [1.807, 2.05) is 6.92 Å². The molecule has 0 saturated carbocycles. The SMILES string of the molecule is CCOc1ccc(C(=O)NNC(=O)c2cc(Cl)ccc2F)cc1. The van der Waals surface area contributed by atoms with E-state index in [-0.39, 0.29) is 10.6 Å². The fraction of sp³-hybridized carbons (Fsp3) is 0.125. The minimum absolute atomic E-state index is 0.217. The van der Waals surface area contributed by atoms with Crippen LogP contribution in [0.15, 0.2) is 42.5 Å². The molecule has 0 aliphatic carbocycles. The van der Waals surface area contributed by atoms with Gasteiger partial charge in [-0.3, -0.25) is 20.4 Å². The molecule has 0 aliphatic rings. The summed E-state index contributed by atoms with van der Waals surface area (Å²) in [5, 5.41) is 0.217. The predicted octanol–water partition coefficient (Wildman–Crippen LogP) is 2.95. The number of ether oxygens (including phenoxy) is 1. The number of nitrogens with one attached hydrogen (secondary N) is 2. The van der Waals surface area contributed by atoms with Crippen LogP contribution in [0.2, 0.25) is 5.02 Å². The molecule has 120 valence electrons. The number of hydrazine groups is 1. The van der Waals surface area contributed by atoms with Crippen molar-refractivity contribution in [3.05, 3.63) is 64.4 Å². The molecule has 2 aromatic carbocycles. The van der Waals surface area contributed by atoms with E-state index in [1.54, 1.807) is 24.3 Å². The van der Waals surface area contributed by atoms with Crippen molar-refractivity contribution in [2.75, 3.05) is 6.61 Å². The van der Waals surface area contributed by atoms with Gasteiger partial charge in [0.2, 0.25) is 0 Å². The van der Waals surface area contributed by atoms with Gasteiger partial charge in [0, 0.05) is 10.6 Å². The zero-order valence-electron chi connectivity index (χ0n) is 12.2. The number of carbonyl (C=O) groups excluding carboxylic acids is 2. The molecule has 0 spiro atoms. The second kappa shape index (κ2) is 7.60. The highest BCUT2D eigenvalue weighted by molar-refractivity contribution is 6.31. The monoisotopic (exact) mass is 336 g/mol. The van der Waals surface area contributed by atoms with E-state index >= 15 is 0 Å². The summed E-state index contributed by atoms with van der Waals surface area (Å²) < 4.78 is 18.8. The van der Waals surface area contributed by atoms with Crippen LogP contribution in [0.25, 0.3) is 0 Å². The molecule has 0 radical (unpaired) electrons. The molecule has 2 N–H and O–H groups in total. The van der Waals surface area contributed by atoms with Crippen LogP contribution in [0.5, 0.6) is 5.75 Å². The molecule has 0 fully saturated rings. The van der Waals surface area contributed by atoms with Crippen LogP contribution in [0.4, 0.5) is 4.39 Å². The summed E-state index contributed by atoms with van der Waals surface area (Å²) in [5.41, 5.74) is 4.40. The Morgan fingerprint density at radius 1 is 1.09 bits per heavy atom. The lowest BCUT2D eigenvalue weighted by Gasteiger charge is -2.09. The molecular weight excluding hydrogens is 323 g/mol. The zero-order valence-corrected chi connectivity index (χ0v) is 13.0. The third kappa shape index (κ3) is 4.43. The van der Waals surface area contributed by atoms with E-state index in [0.717, 1.165) is 6.07 Å². The van der Waals surface area contributed by atoms with Crippen molar-refractivity contribution in [2.24, 2.45) is 0 Å². The van der Waals surface area contributed by atoms with E-state index in [9.17, 15) is 14.0 Å². The number of carbonyl (C=O) groups is 2. The summed E-state index contributed by atoms with van der Waals surface area (Å²) in [6, 6.07) is 9.94. The lowest BCUT2D eigenvalue weighted by atomic mass is 10.2. The van der Waals surface area contributed by atoms with E-state index in [4.69, 9.17) is 16.3 Å². The van der Waals surface area contributed by atoms with Gasteiger partial charge >= 0.3 is 0 Å². The Morgan fingerprint density at radius 2 is 1.74 bits per heavy atom. The fourth-order valence-electron chi connectivity index (χ4n) is 1.79. The van der Waals surface area contributed by atoms with Gasteiger partial charge in [-0.2, -0.15) is 0 Å². The molecule has 0 aromatic heterocycles. The number of halogens is 2. The minimum Gasteiger partial charge on any atom is -0.494 e. The molecule has 2 rings (SSSR count). The topological polar surface area (TPSA) is 67.4 Å². The fourth-order valence-corrected chi connectivity index (χ4v) is 1.97. The summed E-state index contributed by atoms with van der Waals surface area (Å²) in [6.45, 7) is 2.37. The standard InChI is InChI=1S/C16H14ClFN2O3/c1-2-23-12-6-3-10(4-7-12)15(21)19-20-16(22)13-9-11(17)5-8-14(13)18/h3-9H,2H2,1H3,(H,19,21)(H,20,22). The van der Waals surface area contributed by atoms with Gasteiger partial charge in [-0.15, -0.1) is 0 Å². The summed E-state index contributed by atoms with van der Waals surface area (Å²) in [6.07, 6.45) is 0. The Kier molecular flexibility index (Phi) is 5.54. The molecule has 0 atom stereocenters. The van der Waals surface area contributed by atoms with Crippen LogP contribution in [0.1, 0.15) is 27.6 Å². The van der Waals surface area contributed by atoms with Gasteiger partial charge in [-0.05, 0) is 49.4 Å². The molecule has 0 aliphatic heterocycles. The number of benzene rings is 2. The maximum atomic E-state index is 13.5. The first-order valence-corrected chi connectivity index (χ1v) is 7.17. The molecule has 2 aromatic rings. The Bertz CT molecular complexity index is 720. The quantitative estimate of drug-likeness (QED) is 0.843. The van der Waals surface area contributed by atoms with Crippen LogP contribution in [-0.4, -0.2) is 18.4 Å². The van der Waals surface area contributed by atoms with Crippen LogP contribution < -0.4 is 15.6 Å². The number of hydrogen-bond acceptors (Lipinski definition) is 3. The van der Waals surface area contributed by atoms with Crippen molar-refractivity contribution in [1.82, 2.24) is 10.9 Å². The lowest BCUT2D eigenvalue weighted by molar-refractivity contribution is 0.0844. The van der Waals surface area contributed by atoms with Crippen molar-refractivity contribution in [1.29, 1.82) is 0 Å². The maximum absolute atomic E-state index is 13.5. The summed E-state index contributed by atoms with van der Waals surface area (Å²) in [5.74, 6) is -1.44. The Hall–Kier alpha value is -2.60. The molecule has 23 heavy (non-hydrogen) atoms. The lowest BCUT2D eigenvalue weighted by Crippen LogP contribution is -2.41. The first-order valence-electron chi connectivity index (χ1n) is 6.80. The molecule has 2 amide bonds. The van der Waals surface area contributed by atoms with E-state index in [1.165, 1.54) is 12.1 Å². The highest BCUT2D eigenvalue weighted by Crippen LogP contribution is 2.15. The first kappa shape index (κ1) is 16.8. The first-order chi connectivity index (χ1) is 11.0. The summed E-state index contributed by atoms with van der Waals surface area (Å²) in [7, 11) is 0. The Balaban J connectivity index is 1.98. The largest absolute Gasteiger partial charge is 0.494 e. The number of hydrogen-bond donors (Lipinski definition) is 2. The smallest absolute Gasteiger partial charge is 0.272 e. The average Bonchev–Trinajstić information content (AvgIpc) is 2.55. The van der Waals surface area contributed by atoms with Gasteiger partial charge in [0.1, 0.15) is 11.6 Å². The number of amides is 2. The van der Waals surface area contributed by atoms with Crippen molar-refractivity contribution in [2.45, 2.75) is 6.92 Å². The molecule has 5 nitrogen and oxygen atoms in total. The normalized spacial score (nSPS) is 10.0. The summed E-state index contributed by atoms with van der Waals surface area (Å²) in [4.78, 5) is 23.8. The predicted molar refractivity (Wildman–Crippen MR) is 84.0 cm³/mol. The Labute approximate surface area is 137 Å². The van der Waals surface area contributed by atoms with Crippen molar-refractivity contribution in [3.63, 3.8) is 0 Å².